The average Bonchev–Trinajstić information content (AvgIpc) is 2.63. The van der Waals surface area contributed by atoms with E-state index in [1.54, 1.807) is 24.6 Å². The molecule has 1 aromatic heterocycles. The van der Waals surface area contributed by atoms with Gasteiger partial charge in [0.1, 0.15) is 5.75 Å². The Labute approximate surface area is 90.1 Å². The Kier molecular flexibility index (Phi) is 2.44. The Bertz CT molecular complexity index is 490. The van der Waals surface area contributed by atoms with Gasteiger partial charge in [-0.3, -0.25) is 4.79 Å². The van der Waals surface area contributed by atoms with E-state index in [-0.39, 0.29) is 0 Å². The van der Waals surface area contributed by atoms with Gasteiger partial charge in [-0.15, -0.1) is 11.3 Å². The van der Waals surface area contributed by atoms with Crippen LogP contribution in [-0.4, -0.2) is 13.4 Å². The molecule has 1 aromatic carbocycles. The summed E-state index contributed by atoms with van der Waals surface area (Å²) in [6.45, 7) is 0. The Balaban J connectivity index is 2.86. The van der Waals surface area contributed by atoms with Crippen molar-refractivity contribution in [3.8, 4) is 5.75 Å². The highest BCUT2D eigenvalue weighted by molar-refractivity contribution is 7.18. The molecule has 0 saturated carbocycles. The van der Waals surface area contributed by atoms with E-state index in [9.17, 15) is 4.79 Å². The molecular weight excluding hydrogens is 220 g/mol. The van der Waals surface area contributed by atoms with Crippen molar-refractivity contribution in [3.63, 3.8) is 0 Å². The number of aldehydes is 1. The van der Waals surface area contributed by atoms with Crippen molar-refractivity contribution in [3.05, 3.63) is 28.1 Å². The molecule has 1 heterocycles. The molecule has 4 heteroatoms. The fraction of sp³-hybridized carbons (Fsp3) is 0.100. The third kappa shape index (κ3) is 1.29. The molecule has 72 valence electrons. The minimum Gasteiger partial charge on any atom is -0.495 e. The van der Waals surface area contributed by atoms with Crippen molar-refractivity contribution in [1.82, 2.24) is 0 Å². The van der Waals surface area contributed by atoms with E-state index in [1.807, 2.05) is 0 Å². The zero-order valence-electron chi connectivity index (χ0n) is 7.41. The summed E-state index contributed by atoms with van der Waals surface area (Å²) in [5.41, 5.74) is 0.619. The Morgan fingerprint density at radius 1 is 1.50 bits per heavy atom. The van der Waals surface area contributed by atoms with E-state index < -0.39 is 0 Å². The molecule has 0 aliphatic carbocycles. The SMILES string of the molecule is COc1ccc(Cl)c2c(C=O)csc12. The molecule has 0 aliphatic rings. The molecule has 0 aliphatic heterocycles. The van der Waals surface area contributed by atoms with Gasteiger partial charge in [0.15, 0.2) is 6.29 Å². The van der Waals surface area contributed by atoms with Crippen LogP contribution in [0.1, 0.15) is 10.4 Å². The van der Waals surface area contributed by atoms with Crippen LogP contribution < -0.4 is 4.74 Å². The van der Waals surface area contributed by atoms with Crippen LogP contribution in [0.4, 0.5) is 0 Å². The largest absolute Gasteiger partial charge is 0.495 e. The van der Waals surface area contributed by atoms with Gasteiger partial charge >= 0.3 is 0 Å². The van der Waals surface area contributed by atoms with Crippen molar-refractivity contribution in [2.24, 2.45) is 0 Å². The summed E-state index contributed by atoms with van der Waals surface area (Å²) in [6, 6.07) is 3.54. The van der Waals surface area contributed by atoms with E-state index in [1.165, 1.54) is 11.3 Å². The molecular formula is C10H7ClO2S. The molecule has 14 heavy (non-hydrogen) atoms. The summed E-state index contributed by atoms with van der Waals surface area (Å²) in [5, 5.41) is 3.15. The predicted molar refractivity (Wildman–Crippen MR) is 58.8 cm³/mol. The van der Waals surface area contributed by atoms with Crippen LogP contribution in [0.5, 0.6) is 5.75 Å². The fourth-order valence-electron chi connectivity index (χ4n) is 1.35. The maximum atomic E-state index is 10.7. The van der Waals surface area contributed by atoms with E-state index in [0.717, 1.165) is 22.1 Å². The molecule has 0 atom stereocenters. The lowest BCUT2D eigenvalue weighted by molar-refractivity contribution is 0.112. The minimum absolute atomic E-state index is 0.587. The number of thiophene rings is 1. The molecule has 2 nitrogen and oxygen atoms in total. The highest BCUT2D eigenvalue weighted by Crippen LogP contribution is 2.37. The first kappa shape index (κ1) is 9.49. The highest BCUT2D eigenvalue weighted by Gasteiger charge is 2.11. The second kappa shape index (κ2) is 3.59. The molecule has 2 aromatic rings. The summed E-state index contributed by atoms with van der Waals surface area (Å²) in [6.07, 6.45) is 0.810. The van der Waals surface area contributed by atoms with Gasteiger partial charge in [0.25, 0.3) is 0 Å². The Morgan fingerprint density at radius 3 is 2.93 bits per heavy atom. The molecule has 0 N–H and O–H groups in total. The van der Waals surface area contributed by atoms with Gasteiger partial charge in [-0.1, -0.05) is 11.6 Å². The maximum absolute atomic E-state index is 10.7. The number of carbonyl (C=O) groups excluding carboxylic acids is 1. The smallest absolute Gasteiger partial charge is 0.151 e. The van der Waals surface area contributed by atoms with Crippen molar-refractivity contribution in [2.45, 2.75) is 0 Å². The first-order valence-corrected chi connectivity index (χ1v) is 5.22. The number of fused-ring (bicyclic) bond motifs is 1. The average molecular weight is 227 g/mol. The van der Waals surface area contributed by atoms with Crippen molar-refractivity contribution >= 4 is 39.3 Å². The van der Waals surface area contributed by atoms with Gasteiger partial charge < -0.3 is 4.74 Å². The molecule has 0 saturated heterocycles. The van der Waals surface area contributed by atoms with Crippen LogP contribution in [-0.2, 0) is 0 Å². The van der Waals surface area contributed by atoms with Gasteiger partial charge in [-0.2, -0.15) is 0 Å². The van der Waals surface area contributed by atoms with Crippen LogP contribution in [0.15, 0.2) is 17.5 Å². The molecule has 0 radical (unpaired) electrons. The van der Waals surface area contributed by atoms with Crippen LogP contribution in [0, 0.1) is 0 Å². The number of methoxy groups -OCH3 is 1. The lowest BCUT2D eigenvalue weighted by atomic mass is 10.2. The summed E-state index contributed by atoms with van der Waals surface area (Å²) in [4.78, 5) is 10.7. The third-order valence-corrected chi connectivity index (χ3v) is 3.34. The Morgan fingerprint density at radius 2 is 2.29 bits per heavy atom. The number of benzene rings is 1. The molecule has 0 unspecified atom stereocenters. The summed E-state index contributed by atoms with van der Waals surface area (Å²) < 4.78 is 6.09. The zero-order chi connectivity index (χ0) is 10.1. The van der Waals surface area contributed by atoms with E-state index >= 15 is 0 Å². The second-order valence-electron chi connectivity index (χ2n) is 2.76. The number of hydrogen-bond donors (Lipinski definition) is 0. The topological polar surface area (TPSA) is 26.3 Å². The summed E-state index contributed by atoms with van der Waals surface area (Å²) in [5.74, 6) is 0.752. The molecule has 0 spiro atoms. The van der Waals surface area contributed by atoms with Gasteiger partial charge in [0.2, 0.25) is 0 Å². The fourth-order valence-corrected chi connectivity index (χ4v) is 2.71. The Hall–Kier alpha value is -1.06. The van der Waals surface area contributed by atoms with Gasteiger partial charge in [0.05, 0.1) is 16.8 Å². The number of ether oxygens (including phenoxy) is 1. The van der Waals surface area contributed by atoms with Crippen LogP contribution in [0.3, 0.4) is 0 Å². The lowest BCUT2D eigenvalue weighted by Gasteiger charge is -2.02. The number of hydrogen-bond acceptors (Lipinski definition) is 3. The monoisotopic (exact) mass is 226 g/mol. The maximum Gasteiger partial charge on any atom is 0.151 e. The van der Waals surface area contributed by atoms with Gasteiger partial charge in [-0.05, 0) is 12.1 Å². The number of rotatable bonds is 2. The van der Waals surface area contributed by atoms with Gasteiger partial charge in [0, 0.05) is 16.3 Å². The van der Waals surface area contributed by atoms with Crippen LogP contribution in [0.25, 0.3) is 10.1 Å². The first-order valence-electron chi connectivity index (χ1n) is 3.96. The van der Waals surface area contributed by atoms with Crippen molar-refractivity contribution in [1.29, 1.82) is 0 Å². The normalized spacial score (nSPS) is 10.4. The van der Waals surface area contributed by atoms with Crippen LogP contribution in [0.2, 0.25) is 5.02 Å². The standard InChI is InChI=1S/C10H7ClO2S/c1-13-8-3-2-7(11)9-6(4-12)5-14-10(8)9/h2-5H,1H3. The highest BCUT2D eigenvalue weighted by atomic mass is 35.5. The zero-order valence-corrected chi connectivity index (χ0v) is 8.98. The lowest BCUT2D eigenvalue weighted by Crippen LogP contribution is -1.83. The quantitative estimate of drug-likeness (QED) is 0.734. The van der Waals surface area contributed by atoms with E-state index in [0.29, 0.717) is 10.6 Å². The van der Waals surface area contributed by atoms with Crippen molar-refractivity contribution in [2.75, 3.05) is 7.11 Å². The predicted octanol–water partition coefficient (Wildman–Crippen LogP) is 3.38. The molecule has 0 fully saturated rings. The minimum atomic E-state index is 0.587. The molecule has 2 rings (SSSR count). The molecule has 0 bridgehead atoms. The van der Waals surface area contributed by atoms with Crippen LogP contribution >= 0.6 is 22.9 Å². The van der Waals surface area contributed by atoms with E-state index in [2.05, 4.69) is 0 Å². The summed E-state index contributed by atoms with van der Waals surface area (Å²) >= 11 is 7.47. The van der Waals surface area contributed by atoms with Gasteiger partial charge in [-0.25, -0.2) is 0 Å². The second-order valence-corrected chi connectivity index (χ2v) is 4.05. The summed E-state index contributed by atoms with van der Waals surface area (Å²) in [7, 11) is 1.60. The van der Waals surface area contributed by atoms with E-state index in [4.69, 9.17) is 16.3 Å². The first-order chi connectivity index (χ1) is 6.77. The third-order valence-electron chi connectivity index (χ3n) is 2.01. The van der Waals surface area contributed by atoms with Crippen molar-refractivity contribution < 1.29 is 9.53 Å². The number of halogens is 1. The number of carbonyl (C=O) groups is 1. The molecule has 0 amide bonds.